The molecule has 3 aromatic carbocycles. The van der Waals surface area contributed by atoms with E-state index < -0.39 is 11.8 Å². The number of carbonyl (C=O) groups is 3. The summed E-state index contributed by atoms with van der Waals surface area (Å²) in [6.45, 7) is 4.41. The summed E-state index contributed by atoms with van der Waals surface area (Å²) in [6.07, 6.45) is 3.02. The molecule has 0 unspecified atom stereocenters. The van der Waals surface area contributed by atoms with Crippen molar-refractivity contribution in [2.45, 2.75) is 26.7 Å². The Morgan fingerprint density at radius 3 is 2.32 bits per heavy atom. The molecule has 0 aliphatic heterocycles. The van der Waals surface area contributed by atoms with E-state index in [1.807, 2.05) is 38.1 Å². The largest absolute Gasteiger partial charge is 0.494 e. The number of benzene rings is 3. The van der Waals surface area contributed by atoms with Gasteiger partial charge in [-0.3, -0.25) is 14.4 Å². The van der Waals surface area contributed by atoms with Crippen molar-refractivity contribution in [2.75, 3.05) is 23.8 Å². The van der Waals surface area contributed by atoms with Crippen molar-refractivity contribution in [3.05, 3.63) is 83.9 Å². The van der Waals surface area contributed by atoms with E-state index in [0.717, 1.165) is 24.1 Å². The molecule has 9 nitrogen and oxygen atoms in total. The van der Waals surface area contributed by atoms with Gasteiger partial charge in [0.15, 0.2) is 6.61 Å². The lowest BCUT2D eigenvalue weighted by molar-refractivity contribution is -0.136. The molecule has 0 aromatic heterocycles. The zero-order valence-electron chi connectivity index (χ0n) is 20.8. The number of aryl methyl sites for hydroxylation is 1. The van der Waals surface area contributed by atoms with Crippen LogP contribution in [-0.4, -0.2) is 37.1 Å². The van der Waals surface area contributed by atoms with Crippen LogP contribution >= 0.6 is 0 Å². The highest BCUT2D eigenvalue weighted by Gasteiger charge is 2.13. The van der Waals surface area contributed by atoms with Crippen LogP contribution in [0.4, 0.5) is 11.4 Å². The summed E-state index contributed by atoms with van der Waals surface area (Å²) >= 11 is 0. The molecule has 192 valence electrons. The Hall–Kier alpha value is -4.66. The fraction of sp³-hybridized carbons (Fsp3) is 0.214. The number of rotatable bonds is 11. The Balaban J connectivity index is 1.51. The highest BCUT2D eigenvalue weighted by Crippen LogP contribution is 2.18. The second-order valence-corrected chi connectivity index (χ2v) is 7.91. The van der Waals surface area contributed by atoms with Crippen molar-refractivity contribution in [3.8, 4) is 11.5 Å². The molecular weight excluding hydrogens is 472 g/mol. The summed E-state index contributed by atoms with van der Waals surface area (Å²) in [5.41, 5.74) is 4.93. The monoisotopic (exact) mass is 502 g/mol. The van der Waals surface area contributed by atoms with Crippen molar-refractivity contribution < 1.29 is 23.9 Å². The fourth-order valence-electron chi connectivity index (χ4n) is 3.25. The van der Waals surface area contributed by atoms with E-state index in [9.17, 15) is 14.4 Å². The van der Waals surface area contributed by atoms with Crippen LogP contribution in [-0.2, 0) is 20.8 Å². The molecule has 3 rings (SSSR count). The molecule has 9 heteroatoms. The first kappa shape index (κ1) is 26.9. The molecule has 0 saturated heterocycles. The van der Waals surface area contributed by atoms with Gasteiger partial charge in [-0.1, -0.05) is 44.2 Å². The fourth-order valence-corrected chi connectivity index (χ4v) is 3.25. The molecule has 0 aliphatic carbocycles. The molecule has 0 spiro atoms. The summed E-state index contributed by atoms with van der Waals surface area (Å²) in [7, 11) is 0. The average molecular weight is 503 g/mol. The van der Waals surface area contributed by atoms with E-state index >= 15 is 0 Å². The standard InChI is InChI=1S/C28H30N4O5/c1-3-17-36-23-15-13-22(14-16-23)30-27(34)28(35)32-29-18-21-10-6-8-12-25(21)37-19-26(33)31-24-11-7-5-9-20(24)4-2/h5-16,18H,3-4,17,19H2,1-2H3,(H,30,34)(H,31,33)(H,32,35)/b29-18-. The number of ether oxygens (including phenoxy) is 2. The maximum atomic E-state index is 12.4. The van der Waals surface area contributed by atoms with Crippen molar-refractivity contribution in [1.29, 1.82) is 0 Å². The second kappa shape index (κ2) is 14.0. The minimum atomic E-state index is -0.935. The van der Waals surface area contributed by atoms with Crippen LogP contribution in [0.25, 0.3) is 0 Å². The topological polar surface area (TPSA) is 118 Å². The first-order chi connectivity index (χ1) is 18.0. The predicted octanol–water partition coefficient (Wildman–Crippen LogP) is 4.14. The molecule has 0 atom stereocenters. The summed E-state index contributed by atoms with van der Waals surface area (Å²) in [5, 5.41) is 9.19. The van der Waals surface area contributed by atoms with Crippen LogP contribution in [0.1, 0.15) is 31.4 Å². The number of nitrogens with zero attached hydrogens (tertiary/aromatic N) is 1. The second-order valence-electron chi connectivity index (χ2n) is 7.91. The van der Waals surface area contributed by atoms with Gasteiger partial charge in [0, 0.05) is 16.9 Å². The molecule has 0 bridgehead atoms. The number of hydrazone groups is 1. The SMILES string of the molecule is CCCOc1ccc(NC(=O)C(=O)N/N=C\c2ccccc2OCC(=O)Nc2ccccc2CC)cc1. The van der Waals surface area contributed by atoms with Gasteiger partial charge < -0.3 is 20.1 Å². The minimum absolute atomic E-state index is 0.208. The highest BCUT2D eigenvalue weighted by molar-refractivity contribution is 6.39. The number of anilines is 2. The smallest absolute Gasteiger partial charge is 0.329 e. The van der Waals surface area contributed by atoms with Gasteiger partial charge in [-0.2, -0.15) is 5.10 Å². The molecule has 0 aliphatic rings. The Labute approximate surface area is 215 Å². The van der Waals surface area contributed by atoms with Crippen LogP contribution in [0, 0.1) is 0 Å². The quantitative estimate of drug-likeness (QED) is 0.207. The lowest BCUT2D eigenvalue weighted by atomic mass is 10.1. The van der Waals surface area contributed by atoms with Gasteiger partial charge in [0.25, 0.3) is 5.91 Å². The van der Waals surface area contributed by atoms with Crippen molar-refractivity contribution >= 4 is 35.3 Å². The van der Waals surface area contributed by atoms with Gasteiger partial charge in [-0.15, -0.1) is 0 Å². The maximum Gasteiger partial charge on any atom is 0.329 e. The van der Waals surface area contributed by atoms with E-state index in [1.165, 1.54) is 6.21 Å². The van der Waals surface area contributed by atoms with E-state index in [2.05, 4.69) is 21.2 Å². The molecule has 3 aromatic rings. The minimum Gasteiger partial charge on any atom is -0.494 e. The normalized spacial score (nSPS) is 10.5. The Bertz CT molecular complexity index is 1240. The zero-order valence-corrected chi connectivity index (χ0v) is 20.8. The molecule has 3 amide bonds. The highest BCUT2D eigenvalue weighted by atomic mass is 16.5. The molecular formula is C28H30N4O5. The molecule has 3 N–H and O–H groups in total. The zero-order chi connectivity index (χ0) is 26.5. The van der Waals surface area contributed by atoms with Gasteiger partial charge in [0.2, 0.25) is 0 Å². The maximum absolute atomic E-state index is 12.4. The summed E-state index contributed by atoms with van der Waals surface area (Å²) in [6, 6.07) is 21.2. The average Bonchev–Trinajstić information content (AvgIpc) is 2.92. The van der Waals surface area contributed by atoms with Crippen LogP contribution in [0.15, 0.2) is 77.9 Å². The number of nitrogens with one attached hydrogen (secondary N) is 3. The number of carbonyl (C=O) groups excluding carboxylic acids is 3. The summed E-state index contributed by atoms with van der Waals surface area (Å²) in [5.74, 6) is -1.03. The molecule has 37 heavy (non-hydrogen) atoms. The Kier molecular flexibility index (Phi) is 10.2. The summed E-state index contributed by atoms with van der Waals surface area (Å²) < 4.78 is 11.1. The first-order valence-electron chi connectivity index (χ1n) is 12.0. The third-order valence-corrected chi connectivity index (χ3v) is 5.11. The van der Waals surface area contributed by atoms with Crippen LogP contribution in [0.2, 0.25) is 0 Å². The van der Waals surface area contributed by atoms with E-state index in [-0.39, 0.29) is 12.5 Å². The van der Waals surface area contributed by atoms with E-state index in [1.54, 1.807) is 48.5 Å². The van der Waals surface area contributed by atoms with Crippen LogP contribution < -0.4 is 25.5 Å². The molecule has 0 heterocycles. The summed E-state index contributed by atoms with van der Waals surface area (Å²) in [4.78, 5) is 36.7. The lowest BCUT2D eigenvalue weighted by Gasteiger charge is -2.11. The number of para-hydroxylation sites is 2. The molecule has 0 saturated carbocycles. The Morgan fingerprint density at radius 2 is 1.57 bits per heavy atom. The Morgan fingerprint density at radius 1 is 0.838 bits per heavy atom. The van der Waals surface area contributed by atoms with Gasteiger partial charge in [-0.25, -0.2) is 5.43 Å². The van der Waals surface area contributed by atoms with Crippen molar-refractivity contribution in [3.63, 3.8) is 0 Å². The van der Waals surface area contributed by atoms with E-state index in [4.69, 9.17) is 9.47 Å². The van der Waals surface area contributed by atoms with Crippen LogP contribution in [0.3, 0.4) is 0 Å². The molecule has 0 fully saturated rings. The van der Waals surface area contributed by atoms with Gasteiger partial charge in [-0.05, 0) is 60.9 Å². The lowest BCUT2D eigenvalue weighted by Crippen LogP contribution is -2.32. The number of hydrogen-bond acceptors (Lipinski definition) is 6. The predicted molar refractivity (Wildman–Crippen MR) is 143 cm³/mol. The third kappa shape index (κ3) is 8.50. The van der Waals surface area contributed by atoms with Crippen molar-refractivity contribution in [1.82, 2.24) is 5.43 Å². The third-order valence-electron chi connectivity index (χ3n) is 5.11. The first-order valence-corrected chi connectivity index (χ1v) is 12.0. The number of amides is 3. The van der Waals surface area contributed by atoms with Crippen LogP contribution in [0.5, 0.6) is 11.5 Å². The van der Waals surface area contributed by atoms with Gasteiger partial charge in [0.1, 0.15) is 11.5 Å². The van der Waals surface area contributed by atoms with Crippen molar-refractivity contribution in [2.24, 2.45) is 5.10 Å². The van der Waals surface area contributed by atoms with E-state index in [0.29, 0.717) is 29.4 Å². The number of hydrogen-bond donors (Lipinski definition) is 3. The van der Waals surface area contributed by atoms with Gasteiger partial charge >= 0.3 is 11.8 Å². The molecule has 0 radical (unpaired) electrons. The van der Waals surface area contributed by atoms with Gasteiger partial charge in [0.05, 0.1) is 12.8 Å².